The van der Waals surface area contributed by atoms with E-state index in [1.807, 2.05) is 0 Å². The van der Waals surface area contributed by atoms with Gasteiger partial charge in [-0.25, -0.2) is 0 Å². The molecule has 0 unspecified atom stereocenters. The number of piperidine rings is 1. The van der Waals surface area contributed by atoms with E-state index in [1.165, 1.54) is 7.11 Å². The Labute approximate surface area is 132 Å². The lowest BCUT2D eigenvalue weighted by atomic mass is 9.86. The summed E-state index contributed by atoms with van der Waals surface area (Å²) in [6.45, 7) is 3.25. The zero-order valence-corrected chi connectivity index (χ0v) is 13.5. The Morgan fingerprint density at radius 3 is 2.59 bits per heavy atom. The normalized spacial score (nSPS) is 22.0. The summed E-state index contributed by atoms with van der Waals surface area (Å²) < 4.78 is 10.1. The Morgan fingerprint density at radius 1 is 1.27 bits per heavy atom. The Bertz CT molecular complexity index is 374. The van der Waals surface area contributed by atoms with Gasteiger partial charge in [0.2, 0.25) is 5.91 Å². The first kappa shape index (κ1) is 17.2. The molecule has 2 fully saturated rings. The van der Waals surface area contributed by atoms with Crippen LogP contribution >= 0.6 is 0 Å². The monoisotopic (exact) mass is 312 g/mol. The predicted octanol–water partition coefficient (Wildman–Crippen LogP) is 0.995. The fourth-order valence-corrected chi connectivity index (χ4v) is 3.32. The van der Waals surface area contributed by atoms with Crippen molar-refractivity contribution in [1.29, 1.82) is 0 Å². The number of rotatable bonds is 6. The molecule has 22 heavy (non-hydrogen) atoms. The van der Waals surface area contributed by atoms with Gasteiger partial charge in [0, 0.05) is 19.6 Å². The number of nitrogens with one attached hydrogen (secondary N) is 2. The molecule has 2 N–H and O–H groups in total. The Kier molecular flexibility index (Phi) is 6.64. The summed E-state index contributed by atoms with van der Waals surface area (Å²) in [5.74, 6) is 0.406. The Hall–Kier alpha value is -1.14. The smallest absolute Gasteiger partial charge is 0.307 e. The molecule has 2 heterocycles. The van der Waals surface area contributed by atoms with Crippen LogP contribution in [-0.2, 0) is 19.1 Å². The number of carbonyl (C=O) groups excluding carboxylic acids is 2. The maximum atomic E-state index is 12.3. The van der Waals surface area contributed by atoms with Gasteiger partial charge in [-0.3, -0.25) is 9.59 Å². The topological polar surface area (TPSA) is 76.7 Å². The molecule has 2 aliphatic rings. The summed E-state index contributed by atoms with van der Waals surface area (Å²) >= 11 is 0. The predicted molar refractivity (Wildman–Crippen MR) is 82.4 cm³/mol. The van der Waals surface area contributed by atoms with Crippen LogP contribution in [0.3, 0.4) is 0 Å². The van der Waals surface area contributed by atoms with Crippen LogP contribution in [0, 0.1) is 5.92 Å². The van der Waals surface area contributed by atoms with Gasteiger partial charge in [0.15, 0.2) is 0 Å². The zero-order chi connectivity index (χ0) is 15.8. The van der Waals surface area contributed by atoms with Crippen molar-refractivity contribution in [2.45, 2.75) is 50.5 Å². The van der Waals surface area contributed by atoms with E-state index in [9.17, 15) is 9.59 Å². The number of esters is 1. The van der Waals surface area contributed by atoms with Gasteiger partial charge in [0.05, 0.1) is 19.1 Å². The molecule has 1 amide bonds. The van der Waals surface area contributed by atoms with Gasteiger partial charge in [0.1, 0.15) is 0 Å². The summed E-state index contributed by atoms with van der Waals surface area (Å²) in [7, 11) is 1.38. The van der Waals surface area contributed by atoms with Crippen molar-refractivity contribution in [3.8, 4) is 0 Å². The van der Waals surface area contributed by atoms with Crippen molar-refractivity contribution in [2.24, 2.45) is 5.92 Å². The average molecular weight is 312 g/mol. The van der Waals surface area contributed by atoms with Gasteiger partial charge in [-0.2, -0.15) is 0 Å². The molecular weight excluding hydrogens is 284 g/mol. The van der Waals surface area contributed by atoms with Gasteiger partial charge in [-0.15, -0.1) is 0 Å². The lowest BCUT2D eigenvalue weighted by Crippen LogP contribution is -2.53. The van der Waals surface area contributed by atoms with E-state index < -0.39 is 5.54 Å². The van der Waals surface area contributed by atoms with Crippen molar-refractivity contribution < 1.29 is 19.1 Å². The van der Waals surface area contributed by atoms with Gasteiger partial charge < -0.3 is 20.1 Å². The van der Waals surface area contributed by atoms with Crippen LogP contribution in [0.1, 0.15) is 44.9 Å². The minimum Gasteiger partial charge on any atom is -0.469 e. The van der Waals surface area contributed by atoms with Gasteiger partial charge in [-0.05, 0) is 51.1 Å². The van der Waals surface area contributed by atoms with E-state index in [-0.39, 0.29) is 18.3 Å². The lowest BCUT2D eigenvalue weighted by molar-refractivity contribution is -0.144. The molecule has 0 bridgehead atoms. The van der Waals surface area contributed by atoms with Crippen LogP contribution in [0.15, 0.2) is 0 Å². The molecule has 0 spiro atoms. The molecule has 2 rings (SSSR count). The van der Waals surface area contributed by atoms with Gasteiger partial charge in [-0.1, -0.05) is 0 Å². The first-order valence-electron chi connectivity index (χ1n) is 8.30. The van der Waals surface area contributed by atoms with Crippen molar-refractivity contribution in [3.63, 3.8) is 0 Å². The molecule has 0 aromatic rings. The largest absolute Gasteiger partial charge is 0.469 e. The molecule has 2 saturated heterocycles. The number of methoxy groups -OCH3 is 1. The standard InChI is InChI=1S/C16H28N2O4/c1-21-15(20)12-16(6-10-22-11-7-16)18-14(19)3-2-13-4-8-17-9-5-13/h13,17H,2-12H2,1H3,(H,18,19). The highest BCUT2D eigenvalue weighted by Gasteiger charge is 2.36. The summed E-state index contributed by atoms with van der Waals surface area (Å²) in [5.41, 5.74) is -0.490. The second-order valence-electron chi connectivity index (χ2n) is 6.43. The molecule has 0 atom stereocenters. The van der Waals surface area contributed by atoms with Crippen molar-refractivity contribution >= 4 is 11.9 Å². The molecule has 126 valence electrons. The highest BCUT2D eigenvalue weighted by Crippen LogP contribution is 2.26. The third-order valence-electron chi connectivity index (χ3n) is 4.80. The van der Waals surface area contributed by atoms with Crippen LogP contribution in [0.4, 0.5) is 0 Å². The highest BCUT2D eigenvalue weighted by atomic mass is 16.5. The van der Waals surface area contributed by atoms with Crippen LogP contribution < -0.4 is 10.6 Å². The van der Waals surface area contributed by atoms with E-state index in [0.717, 1.165) is 32.4 Å². The quantitative estimate of drug-likeness (QED) is 0.716. The van der Waals surface area contributed by atoms with Crippen LogP contribution in [0.5, 0.6) is 0 Å². The Morgan fingerprint density at radius 2 is 1.95 bits per heavy atom. The molecular formula is C16H28N2O4. The second kappa shape index (κ2) is 8.48. The fourth-order valence-electron chi connectivity index (χ4n) is 3.32. The maximum Gasteiger partial charge on any atom is 0.307 e. The first-order chi connectivity index (χ1) is 10.6. The van der Waals surface area contributed by atoms with Crippen LogP contribution in [0.25, 0.3) is 0 Å². The SMILES string of the molecule is COC(=O)CC1(NC(=O)CCC2CCNCC2)CCOCC1. The van der Waals surface area contributed by atoms with Crippen molar-refractivity contribution in [3.05, 3.63) is 0 Å². The van der Waals surface area contributed by atoms with E-state index in [2.05, 4.69) is 10.6 Å². The Balaban J connectivity index is 1.83. The molecule has 0 aromatic carbocycles. The van der Waals surface area contributed by atoms with E-state index >= 15 is 0 Å². The van der Waals surface area contributed by atoms with Crippen LogP contribution in [-0.4, -0.2) is 50.8 Å². The molecule has 2 aliphatic heterocycles. The van der Waals surface area contributed by atoms with Gasteiger partial charge in [0.25, 0.3) is 0 Å². The minimum absolute atomic E-state index is 0.0457. The third kappa shape index (κ3) is 5.25. The van der Waals surface area contributed by atoms with E-state index in [0.29, 0.717) is 38.4 Å². The number of hydrogen-bond donors (Lipinski definition) is 2. The summed E-state index contributed by atoms with van der Waals surface area (Å²) in [6.07, 6.45) is 5.32. The van der Waals surface area contributed by atoms with Crippen LogP contribution in [0.2, 0.25) is 0 Å². The maximum absolute atomic E-state index is 12.3. The average Bonchev–Trinajstić information content (AvgIpc) is 2.54. The van der Waals surface area contributed by atoms with E-state index in [1.54, 1.807) is 0 Å². The molecule has 0 saturated carbocycles. The molecule has 6 heteroatoms. The third-order valence-corrected chi connectivity index (χ3v) is 4.80. The number of carbonyl (C=O) groups is 2. The van der Waals surface area contributed by atoms with E-state index in [4.69, 9.17) is 9.47 Å². The molecule has 0 radical (unpaired) electrons. The summed E-state index contributed by atoms with van der Waals surface area (Å²) in [4.78, 5) is 24.0. The zero-order valence-electron chi connectivity index (χ0n) is 13.5. The van der Waals surface area contributed by atoms with Gasteiger partial charge >= 0.3 is 5.97 Å². The summed E-state index contributed by atoms with van der Waals surface area (Å²) in [5, 5.41) is 6.44. The van der Waals surface area contributed by atoms with Crippen molar-refractivity contribution in [1.82, 2.24) is 10.6 Å². The number of amides is 1. The first-order valence-corrected chi connectivity index (χ1v) is 8.30. The summed E-state index contributed by atoms with van der Waals surface area (Å²) in [6, 6.07) is 0. The number of ether oxygens (including phenoxy) is 2. The number of hydrogen-bond acceptors (Lipinski definition) is 5. The molecule has 0 aromatic heterocycles. The van der Waals surface area contributed by atoms with Crippen molar-refractivity contribution in [2.75, 3.05) is 33.4 Å². The molecule has 6 nitrogen and oxygen atoms in total. The second-order valence-corrected chi connectivity index (χ2v) is 6.43. The lowest BCUT2D eigenvalue weighted by Gasteiger charge is -2.37. The fraction of sp³-hybridized carbons (Fsp3) is 0.875. The minimum atomic E-state index is -0.490. The molecule has 0 aliphatic carbocycles. The highest BCUT2D eigenvalue weighted by molar-refractivity contribution is 5.78.